The highest BCUT2D eigenvalue weighted by Crippen LogP contribution is 2.42. The van der Waals surface area contributed by atoms with Crippen LogP contribution < -0.4 is 15.9 Å². The highest BCUT2D eigenvalue weighted by molar-refractivity contribution is 7.85. The van der Waals surface area contributed by atoms with Gasteiger partial charge in [-0.1, -0.05) is 0 Å². The van der Waals surface area contributed by atoms with E-state index in [0.717, 1.165) is 0 Å². The summed E-state index contributed by atoms with van der Waals surface area (Å²) in [4.78, 5) is 0. The maximum Gasteiger partial charge on any atom is 0.171 e. The van der Waals surface area contributed by atoms with Gasteiger partial charge in [-0.2, -0.15) is 0 Å². The van der Waals surface area contributed by atoms with E-state index in [0.29, 0.717) is 15.9 Å². The summed E-state index contributed by atoms with van der Waals surface area (Å²) in [6.07, 6.45) is 0. The topological polar surface area (TPSA) is 57.5 Å². The first kappa shape index (κ1) is 18.9. The van der Waals surface area contributed by atoms with Crippen LogP contribution in [-0.4, -0.2) is 10.5 Å². The van der Waals surface area contributed by atoms with E-state index in [4.69, 9.17) is 10.5 Å². The van der Waals surface area contributed by atoms with Crippen molar-refractivity contribution in [1.29, 1.82) is 0 Å². The largest absolute Gasteiger partial charge is 0.309 e. The van der Waals surface area contributed by atoms with Gasteiger partial charge in [0.25, 0.3) is 0 Å². The van der Waals surface area contributed by atoms with Gasteiger partial charge in [0.15, 0.2) is 7.14 Å². The van der Waals surface area contributed by atoms with Crippen LogP contribution in [0.15, 0.2) is 72.8 Å². The summed E-state index contributed by atoms with van der Waals surface area (Å²) >= 11 is 0. The fourth-order valence-corrected chi connectivity index (χ4v) is 5.00. The molecule has 0 aliphatic heterocycles. The molecule has 0 atom stereocenters. The van der Waals surface area contributed by atoms with Gasteiger partial charge in [0.05, 0.1) is 0 Å². The Morgan fingerprint density at radius 1 is 0.520 bits per heavy atom. The van der Waals surface area contributed by atoms with E-state index in [-0.39, 0.29) is 0 Å². The molecule has 130 valence electrons. The first-order chi connectivity index (χ1) is 12.0. The van der Waals surface area contributed by atoms with Crippen LogP contribution in [0.5, 0.6) is 0 Å². The minimum absolute atomic E-state index is 0.400. The van der Waals surface area contributed by atoms with E-state index in [1.54, 1.807) is 0 Å². The van der Waals surface area contributed by atoms with Crippen molar-refractivity contribution < 1.29 is 28.3 Å². The quantitative estimate of drug-likeness (QED) is 0.422. The second-order valence-electron chi connectivity index (χ2n) is 5.04. The van der Waals surface area contributed by atoms with Crippen molar-refractivity contribution in [2.24, 2.45) is 0 Å². The third-order valence-corrected chi connectivity index (χ3v) is 6.65. The second kappa shape index (κ2) is 8.12. The van der Waals surface area contributed by atoms with Crippen LogP contribution in [0.4, 0.5) is 13.2 Å². The minimum atomic E-state index is -3.34. The summed E-state index contributed by atoms with van der Waals surface area (Å²) in [6, 6.07) is 15.9. The van der Waals surface area contributed by atoms with Crippen LogP contribution in [0, 0.1) is 17.5 Å². The molecule has 25 heavy (non-hydrogen) atoms. The standard InChI is InChI=1S/C18H12F3OP.H2O2/c19-13-1-7-16(8-2-13)23(22,17-9-3-14(20)4-10-17)18-11-5-15(21)6-12-18;1-2/h1-12H;1-2H. The fraction of sp³-hybridized carbons (Fsp3) is 0. The lowest BCUT2D eigenvalue weighted by atomic mass is 10.3. The Morgan fingerprint density at radius 3 is 0.920 bits per heavy atom. The van der Waals surface area contributed by atoms with Crippen molar-refractivity contribution in [1.82, 2.24) is 0 Å². The Hall–Kier alpha value is -2.40. The molecule has 0 aliphatic rings. The molecular formula is C18H14F3O3P. The van der Waals surface area contributed by atoms with E-state index in [1.807, 2.05) is 0 Å². The minimum Gasteiger partial charge on any atom is -0.309 e. The number of halogens is 3. The summed E-state index contributed by atoms with van der Waals surface area (Å²) in [5, 5.41) is 13.2. The second-order valence-corrected chi connectivity index (χ2v) is 7.81. The molecule has 0 aromatic heterocycles. The SMILES string of the molecule is O=P(c1ccc(F)cc1)(c1ccc(F)cc1)c1ccc(F)cc1.OO. The lowest BCUT2D eigenvalue weighted by Crippen LogP contribution is -2.25. The molecule has 3 rings (SSSR count). The number of rotatable bonds is 3. The van der Waals surface area contributed by atoms with Crippen molar-refractivity contribution in [3.05, 3.63) is 90.2 Å². The summed E-state index contributed by atoms with van der Waals surface area (Å²) in [5.41, 5.74) is 0. The Bertz CT molecular complexity index is 746. The maximum absolute atomic E-state index is 13.8. The van der Waals surface area contributed by atoms with Crippen LogP contribution in [0.2, 0.25) is 0 Å². The predicted molar refractivity (Wildman–Crippen MR) is 91.0 cm³/mol. The zero-order valence-corrected chi connectivity index (χ0v) is 13.7. The highest BCUT2D eigenvalue weighted by atomic mass is 31.2. The smallest absolute Gasteiger partial charge is 0.171 e. The third-order valence-electron chi connectivity index (χ3n) is 3.57. The van der Waals surface area contributed by atoms with Crippen molar-refractivity contribution in [3.8, 4) is 0 Å². The molecule has 3 nitrogen and oxygen atoms in total. The molecule has 0 saturated heterocycles. The van der Waals surface area contributed by atoms with E-state index >= 15 is 0 Å². The molecule has 3 aromatic rings. The molecule has 0 radical (unpaired) electrons. The van der Waals surface area contributed by atoms with Gasteiger partial charge in [-0.05, 0) is 72.8 Å². The van der Waals surface area contributed by atoms with Crippen LogP contribution in [0.3, 0.4) is 0 Å². The molecule has 0 bridgehead atoms. The van der Waals surface area contributed by atoms with Crippen molar-refractivity contribution >= 4 is 23.1 Å². The first-order valence-electron chi connectivity index (χ1n) is 7.08. The van der Waals surface area contributed by atoms with Crippen LogP contribution >= 0.6 is 7.14 Å². The van der Waals surface area contributed by atoms with Gasteiger partial charge in [-0.3, -0.25) is 10.5 Å². The molecule has 0 spiro atoms. The number of hydrogen-bond donors (Lipinski definition) is 2. The van der Waals surface area contributed by atoms with Crippen molar-refractivity contribution in [2.75, 3.05) is 0 Å². The van der Waals surface area contributed by atoms with Gasteiger partial charge in [0.1, 0.15) is 17.5 Å². The summed E-state index contributed by atoms with van der Waals surface area (Å²) < 4.78 is 53.4. The molecule has 3 aromatic carbocycles. The molecule has 2 N–H and O–H groups in total. The van der Waals surface area contributed by atoms with Crippen LogP contribution in [0.1, 0.15) is 0 Å². The van der Waals surface area contributed by atoms with Crippen molar-refractivity contribution in [2.45, 2.75) is 0 Å². The Labute approximate surface area is 142 Å². The Kier molecular flexibility index (Phi) is 6.15. The number of benzene rings is 3. The normalized spacial score (nSPS) is 10.8. The van der Waals surface area contributed by atoms with Crippen LogP contribution in [-0.2, 0) is 4.57 Å². The number of hydrogen-bond acceptors (Lipinski definition) is 3. The molecule has 0 amide bonds. The van der Waals surface area contributed by atoms with Gasteiger partial charge in [-0.15, -0.1) is 0 Å². The van der Waals surface area contributed by atoms with E-state index < -0.39 is 24.6 Å². The molecule has 0 aliphatic carbocycles. The highest BCUT2D eigenvalue weighted by Gasteiger charge is 2.29. The van der Waals surface area contributed by atoms with Gasteiger partial charge < -0.3 is 4.57 Å². The lowest BCUT2D eigenvalue weighted by molar-refractivity contribution is -0.176. The predicted octanol–water partition coefficient (Wildman–Crippen LogP) is 3.76. The zero-order valence-electron chi connectivity index (χ0n) is 12.8. The molecule has 0 unspecified atom stereocenters. The van der Waals surface area contributed by atoms with E-state index in [1.165, 1.54) is 72.8 Å². The average molecular weight is 366 g/mol. The fourth-order valence-electron chi connectivity index (χ4n) is 2.40. The summed E-state index contributed by atoms with van der Waals surface area (Å²) in [6.45, 7) is 0. The van der Waals surface area contributed by atoms with Crippen LogP contribution in [0.25, 0.3) is 0 Å². The molecule has 0 fully saturated rings. The van der Waals surface area contributed by atoms with Gasteiger partial charge in [-0.25, -0.2) is 13.2 Å². The zero-order chi connectivity index (χ0) is 18.4. The van der Waals surface area contributed by atoms with Gasteiger partial charge >= 0.3 is 0 Å². The first-order valence-corrected chi connectivity index (χ1v) is 8.79. The molecule has 0 heterocycles. The summed E-state index contributed by atoms with van der Waals surface area (Å²) in [7, 11) is -3.34. The monoisotopic (exact) mass is 366 g/mol. The summed E-state index contributed by atoms with van der Waals surface area (Å²) in [5.74, 6) is -1.34. The molecule has 7 heteroatoms. The maximum atomic E-state index is 13.8. The molecule has 0 saturated carbocycles. The third kappa shape index (κ3) is 3.99. The average Bonchev–Trinajstić information content (AvgIpc) is 2.64. The lowest BCUT2D eigenvalue weighted by Gasteiger charge is -2.20. The van der Waals surface area contributed by atoms with E-state index in [2.05, 4.69) is 0 Å². The van der Waals surface area contributed by atoms with Gasteiger partial charge in [0, 0.05) is 15.9 Å². The Morgan fingerprint density at radius 2 is 0.720 bits per heavy atom. The molecular weight excluding hydrogens is 352 g/mol. The van der Waals surface area contributed by atoms with Crippen molar-refractivity contribution in [3.63, 3.8) is 0 Å². The Balaban J connectivity index is 0.00000109. The van der Waals surface area contributed by atoms with E-state index in [9.17, 15) is 17.7 Å². The van der Waals surface area contributed by atoms with Gasteiger partial charge in [0.2, 0.25) is 0 Å².